The molecular weight excluding hydrogens is 707 g/mol. The molecule has 6 nitrogen and oxygen atoms in total. The number of rotatable bonds is 45. The molecule has 0 heterocycles. The summed E-state index contributed by atoms with van der Waals surface area (Å²) < 4.78 is 17.3. The maximum atomic E-state index is 12.7. The van der Waals surface area contributed by atoms with E-state index in [1.54, 1.807) is 0 Å². The summed E-state index contributed by atoms with van der Waals surface area (Å²) >= 11 is 1.34. The zero-order valence-corrected chi connectivity index (χ0v) is 37.9. The van der Waals surface area contributed by atoms with Crippen molar-refractivity contribution >= 4 is 33.2 Å². The van der Waals surface area contributed by atoms with Gasteiger partial charge in [0.1, 0.15) is 5.40 Å². The van der Waals surface area contributed by atoms with Crippen LogP contribution in [0.4, 0.5) is 0 Å². The summed E-state index contributed by atoms with van der Waals surface area (Å²) in [5, 5.41) is 10.8. The molecule has 8 heteroatoms. The molecule has 0 aliphatic heterocycles. The van der Waals surface area contributed by atoms with Crippen LogP contribution in [-0.4, -0.2) is 33.8 Å². The van der Waals surface area contributed by atoms with Crippen molar-refractivity contribution in [2.24, 2.45) is 0 Å². The predicted octanol–water partition coefficient (Wildman–Crippen LogP) is 15.3. The van der Waals surface area contributed by atoms with Crippen molar-refractivity contribution in [3.8, 4) is 5.40 Å². The molecule has 0 fully saturated rings. The summed E-state index contributed by atoms with van der Waals surface area (Å²) in [5.41, 5.74) is 0. The van der Waals surface area contributed by atoms with Crippen molar-refractivity contribution in [3.63, 3.8) is 0 Å². The van der Waals surface area contributed by atoms with E-state index in [0.29, 0.717) is 19.4 Å². The quantitative estimate of drug-likeness (QED) is 0.0345. The zero-order valence-electron chi connectivity index (χ0n) is 36.0. The number of thiocyanates is 1. The predicted molar refractivity (Wildman–Crippen MR) is 235 cm³/mol. The van der Waals surface area contributed by atoms with Gasteiger partial charge in [-0.2, -0.15) is 5.26 Å². The van der Waals surface area contributed by atoms with Gasteiger partial charge in [-0.1, -0.05) is 226 Å². The molecule has 0 bridgehead atoms. The van der Waals surface area contributed by atoms with Gasteiger partial charge in [-0.05, 0) is 37.4 Å². The average molecular weight is 796 g/mol. The molecule has 0 spiro atoms. The number of carbonyl (C=O) groups excluding carboxylic acids is 2. The lowest BCUT2D eigenvalue weighted by Gasteiger charge is -2.16. The summed E-state index contributed by atoms with van der Waals surface area (Å²) in [6.07, 6.45) is 47.1. The molecular formula is C46H89NO5SSi. The van der Waals surface area contributed by atoms with Gasteiger partial charge in [0.2, 0.25) is 0 Å². The normalized spacial score (nSPS) is 11.3. The van der Waals surface area contributed by atoms with Gasteiger partial charge in [0.25, 0.3) is 11.9 Å². The molecule has 0 aromatic heterocycles. The van der Waals surface area contributed by atoms with Gasteiger partial charge in [-0.3, -0.25) is 9.59 Å². The SMILES string of the molecule is CCCCCCCCCCCCCCCCCC(=O)O[SiH](OCCCCCCCCCSC#N)OC(=O)CCCCCCCCCCCCCCCCC. The fourth-order valence-corrected chi connectivity index (χ4v) is 8.74. The molecule has 0 atom stereocenters. The third-order valence-electron chi connectivity index (χ3n) is 10.6. The van der Waals surface area contributed by atoms with E-state index in [-0.39, 0.29) is 11.9 Å². The highest BCUT2D eigenvalue weighted by Crippen LogP contribution is 2.16. The Morgan fingerprint density at radius 1 is 0.426 bits per heavy atom. The molecule has 0 aromatic rings. The third kappa shape index (κ3) is 43.7. The molecule has 0 aliphatic carbocycles. The Labute approximate surface area is 342 Å². The monoisotopic (exact) mass is 796 g/mol. The fraction of sp³-hybridized carbons (Fsp3) is 0.935. The van der Waals surface area contributed by atoms with Crippen LogP contribution in [0.15, 0.2) is 0 Å². The zero-order chi connectivity index (χ0) is 39.3. The van der Waals surface area contributed by atoms with E-state index < -0.39 is 9.53 Å². The number of thioether (sulfide) groups is 1. The van der Waals surface area contributed by atoms with Gasteiger partial charge in [0, 0.05) is 25.2 Å². The third-order valence-corrected chi connectivity index (χ3v) is 12.7. The molecule has 0 aromatic carbocycles. The smallest absolute Gasteiger partial charge is 0.467 e. The Morgan fingerprint density at radius 3 is 1.02 bits per heavy atom. The first kappa shape index (κ1) is 53.0. The van der Waals surface area contributed by atoms with Crippen molar-refractivity contribution in [1.29, 1.82) is 5.26 Å². The summed E-state index contributed by atoms with van der Waals surface area (Å²) in [6.45, 7) is 5.02. The Bertz CT molecular complexity index is 777. The summed E-state index contributed by atoms with van der Waals surface area (Å²) in [4.78, 5) is 25.4. The topological polar surface area (TPSA) is 85.6 Å². The van der Waals surface area contributed by atoms with Crippen LogP contribution < -0.4 is 0 Å². The molecule has 0 aliphatic rings. The average Bonchev–Trinajstić information content (AvgIpc) is 3.16. The minimum atomic E-state index is -2.85. The van der Waals surface area contributed by atoms with Crippen LogP contribution in [0.5, 0.6) is 0 Å². The highest BCUT2D eigenvalue weighted by atomic mass is 32.2. The molecule has 0 saturated carbocycles. The lowest BCUT2D eigenvalue weighted by molar-refractivity contribution is -0.143. The number of nitrogens with zero attached hydrogens (tertiary/aromatic N) is 1. The molecule has 0 saturated heterocycles. The van der Waals surface area contributed by atoms with Crippen LogP contribution in [-0.2, 0) is 22.9 Å². The maximum absolute atomic E-state index is 12.7. The van der Waals surface area contributed by atoms with Crippen LogP contribution in [0.3, 0.4) is 0 Å². The van der Waals surface area contributed by atoms with Crippen LogP contribution in [0.2, 0.25) is 0 Å². The lowest BCUT2D eigenvalue weighted by Crippen LogP contribution is -2.33. The Kier molecular flexibility index (Phi) is 45.4. The van der Waals surface area contributed by atoms with Crippen molar-refractivity contribution in [1.82, 2.24) is 0 Å². The first-order valence-electron chi connectivity index (χ1n) is 23.7. The van der Waals surface area contributed by atoms with Gasteiger partial charge in [-0.25, -0.2) is 0 Å². The van der Waals surface area contributed by atoms with Crippen LogP contribution >= 0.6 is 11.8 Å². The largest absolute Gasteiger partial charge is 0.619 e. The van der Waals surface area contributed by atoms with Crippen molar-refractivity contribution < 1.29 is 22.9 Å². The Hall–Kier alpha value is -1.04. The standard InChI is InChI=1S/C46H89NO5SSi/c1-3-5-7-9-11-13-15-17-19-21-23-25-28-32-36-40-45(48)51-54(50-42-38-34-30-27-31-35-39-43-53-44-47)52-46(49)41-37-33-29-26-24-22-20-18-16-14-12-10-8-6-4-2/h54H,3-43H2,1-2H3. The number of nitriles is 1. The maximum Gasteiger partial charge on any atom is 0.619 e. The molecule has 318 valence electrons. The molecule has 0 rings (SSSR count). The van der Waals surface area contributed by atoms with Crippen molar-refractivity contribution in [2.45, 2.75) is 264 Å². The number of unbranched alkanes of at least 4 members (excludes halogenated alkanes) is 34. The van der Waals surface area contributed by atoms with Gasteiger partial charge in [0.15, 0.2) is 0 Å². The first-order chi connectivity index (χ1) is 26.6. The van der Waals surface area contributed by atoms with Gasteiger partial charge >= 0.3 is 9.53 Å². The lowest BCUT2D eigenvalue weighted by atomic mass is 10.0. The van der Waals surface area contributed by atoms with E-state index in [0.717, 1.165) is 70.0 Å². The van der Waals surface area contributed by atoms with E-state index in [4.69, 9.17) is 18.5 Å². The van der Waals surface area contributed by atoms with Crippen molar-refractivity contribution in [2.75, 3.05) is 12.4 Å². The van der Waals surface area contributed by atoms with Crippen molar-refractivity contribution in [3.05, 3.63) is 0 Å². The summed E-state index contributed by atoms with van der Waals surface area (Å²) in [6, 6.07) is 0. The molecule has 0 N–H and O–H groups in total. The second kappa shape index (κ2) is 46.3. The molecule has 54 heavy (non-hydrogen) atoms. The van der Waals surface area contributed by atoms with Gasteiger partial charge in [-0.15, -0.1) is 0 Å². The molecule has 0 unspecified atom stereocenters. The number of carbonyl (C=O) groups is 2. The summed E-state index contributed by atoms with van der Waals surface area (Å²) in [5.74, 6) is 0.360. The van der Waals surface area contributed by atoms with Crippen LogP contribution in [0.25, 0.3) is 0 Å². The number of hydrogen-bond acceptors (Lipinski definition) is 7. The molecule has 0 amide bonds. The van der Waals surface area contributed by atoms with E-state index >= 15 is 0 Å². The number of hydrogen-bond donors (Lipinski definition) is 0. The highest BCUT2D eigenvalue weighted by molar-refractivity contribution is 8.03. The second-order valence-electron chi connectivity index (χ2n) is 16.0. The van der Waals surface area contributed by atoms with E-state index in [1.807, 2.05) is 0 Å². The summed E-state index contributed by atoms with van der Waals surface area (Å²) in [7, 11) is -2.85. The van der Waals surface area contributed by atoms with Gasteiger partial charge < -0.3 is 13.3 Å². The fourth-order valence-electron chi connectivity index (χ4n) is 7.09. The van der Waals surface area contributed by atoms with E-state index in [2.05, 4.69) is 19.2 Å². The van der Waals surface area contributed by atoms with Gasteiger partial charge in [0.05, 0.1) is 0 Å². The van der Waals surface area contributed by atoms with Crippen LogP contribution in [0.1, 0.15) is 264 Å². The Balaban J connectivity index is 4.15. The minimum absolute atomic E-state index is 0.282. The van der Waals surface area contributed by atoms with E-state index in [9.17, 15) is 9.59 Å². The first-order valence-corrected chi connectivity index (χ1v) is 26.0. The second-order valence-corrected chi connectivity index (χ2v) is 18.2. The molecule has 0 radical (unpaired) electrons. The Morgan fingerprint density at radius 2 is 0.704 bits per heavy atom. The minimum Gasteiger partial charge on any atom is -0.467 e. The van der Waals surface area contributed by atoms with E-state index in [1.165, 1.54) is 185 Å². The highest BCUT2D eigenvalue weighted by Gasteiger charge is 2.25. The van der Waals surface area contributed by atoms with Crippen LogP contribution in [0, 0.1) is 10.7 Å².